The summed E-state index contributed by atoms with van der Waals surface area (Å²) in [6.07, 6.45) is 0. The Labute approximate surface area is 275 Å². The van der Waals surface area contributed by atoms with Crippen molar-refractivity contribution in [2.45, 2.75) is 19.3 Å². The maximum atomic E-state index is 2.52. The number of rotatable bonds is 3. The van der Waals surface area contributed by atoms with Crippen molar-refractivity contribution in [1.82, 2.24) is 0 Å². The minimum Gasteiger partial charge on any atom is -0.310 e. The highest BCUT2D eigenvalue weighted by molar-refractivity contribution is 7.27. The summed E-state index contributed by atoms with van der Waals surface area (Å²) in [7, 11) is 0. The van der Waals surface area contributed by atoms with Gasteiger partial charge < -0.3 is 4.90 Å². The maximum absolute atomic E-state index is 2.52. The van der Waals surface area contributed by atoms with Gasteiger partial charge in [-0.1, -0.05) is 111 Å². The predicted molar refractivity (Wildman–Crippen MR) is 202 cm³/mol. The van der Waals surface area contributed by atoms with Gasteiger partial charge in [0.05, 0.1) is 5.69 Å². The molecule has 0 N–H and O–H groups in total. The van der Waals surface area contributed by atoms with E-state index in [1.165, 1.54) is 90.4 Å². The first kappa shape index (κ1) is 26.3. The highest BCUT2D eigenvalue weighted by Gasteiger charge is 2.36. The van der Waals surface area contributed by atoms with Gasteiger partial charge in [0.1, 0.15) is 0 Å². The minimum atomic E-state index is -0.0865. The lowest BCUT2D eigenvalue weighted by molar-refractivity contribution is 0.660. The van der Waals surface area contributed by atoms with Crippen LogP contribution in [0.1, 0.15) is 25.0 Å². The second kappa shape index (κ2) is 9.53. The number of fused-ring (bicyclic) bond motifs is 11. The van der Waals surface area contributed by atoms with Gasteiger partial charge in [0.2, 0.25) is 0 Å². The molecule has 1 aliphatic rings. The van der Waals surface area contributed by atoms with Gasteiger partial charge in [-0.2, -0.15) is 0 Å². The molecule has 0 aliphatic heterocycles. The van der Waals surface area contributed by atoms with Crippen LogP contribution in [0, 0.1) is 0 Å². The Morgan fingerprint density at radius 2 is 1.11 bits per heavy atom. The molecule has 0 bridgehead atoms. The number of anilines is 3. The summed E-state index contributed by atoms with van der Waals surface area (Å²) in [6.45, 7) is 4.74. The summed E-state index contributed by atoms with van der Waals surface area (Å²) in [6, 6.07) is 52.1. The highest BCUT2D eigenvalue weighted by atomic mass is 32.1. The molecule has 0 saturated carbocycles. The van der Waals surface area contributed by atoms with Crippen molar-refractivity contribution < 1.29 is 0 Å². The molecular weight excluding hydrogens is 595 g/mol. The number of benzene rings is 7. The van der Waals surface area contributed by atoms with E-state index in [1.54, 1.807) is 0 Å². The molecule has 7 aromatic carbocycles. The lowest BCUT2D eigenvalue weighted by Crippen LogP contribution is -2.16. The van der Waals surface area contributed by atoms with E-state index in [4.69, 9.17) is 0 Å². The summed E-state index contributed by atoms with van der Waals surface area (Å²) in [5.41, 5.74) is 8.98. The first-order chi connectivity index (χ1) is 22.6. The quantitative estimate of drug-likeness (QED) is 0.189. The van der Waals surface area contributed by atoms with Crippen LogP contribution in [0.4, 0.5) is 17.1 Å². The Morgan fingerprint density at radius 3 is 1.98 bits per heavy atom. The van der Waals surface area contributed by atoms with Crippen LogP contribution in [0.15, 0.2) is 140 Å². The van der Waals surface area contributed by atoms with E-state index in [9.17, 15) is 0 Å². The van der Waals surface area contributed by atoms with Crippen molar-refractivity contribution in [3.63, 3.8) is 0 Å². The van der Waals surface area contributed by atoms with Gasteiger partial charge >= 0.3 is 0 Å². The largest absolute Gasteiger partial charge is 0.310 e. The van der Waals surface area contributed by atoms with Crippen LogP contribution < -0.4 is 4.90 Å². The van der Waals surface area contributed by atoms with Crippen LogP contribution in [0.5, 0.6) is 0 Å². The summed E-state index contributed by atoms with van der Waals surface area (Å²) < 4.78 is 5.30. The van der Waals surface area contributed by atoms with E-state index < -0.39 is 0 Å². The third-order valence-corrected chi connectivity index (χ3v) is 12.4. The molecule has 2 heterocycles. The molecule has 3 heteroatoms. The molecule has 1 aliphatic carbocycles. The zero-order valence-electron chi connectivity index (χ0n) is 25.5. The average Bonchev–Trinajstić information content (AvgIpc) is 3.73. The summed E-state index contributed by atoms with van der Waals surface area (Å²) >= 11 is 3.79. The number of hydrogen-bond acceptors (Lipinski definition) is 3. The van der Waals surface area contributed by atoms with Crippen molar-refractivity contribution >= 4 is 90.9 Å². The van der Waals surface area contributed by atoms with Crippen LogP contribution in [0.2, 0.25) is 0 Å². The smallest absolute Gasteiger partial charge is 0.0561 e. The fourth-order valence-corrected chi connectivity index (χ4v) is 10.2. The first-order valence-corrected chi connectivity index (χ1v) is 17.5. The molecule has 0 saturated heterocycles. The molecular formula is C43H29NS2. The molecule has 0 spiro atoms. The van der Waals surface area contributed by atoms with Gasteiger partial charge in [-0.25, -0.2) is 0 Å². The lowest BCUT2D eigenvalue weighted by Gasteiger charge is -2.29. The Morgan fingerprint density at radius 1 is 0.478 bits per heavy atom. The molecule has 0 fully saturated rings. The fraction of sp³-hybridized carbons (Fsp3) is 0.0698. The van der Waals surface area contributed by atoms with Crippen molar-refractivity contribution in [3.8, 4) is 11.1 Å². The molecule has 46 heavy (non-hydrogen) atoms. The maximum Gasteiger partial charge on any atom is 0.0561 e. The van der Waals surface area contributed by atoms with E-state index in [0.29, 0.717) is 0 Å². The topological polar surface area (TPSA) is 3.24 Å². The molecule has 0 radical (unpaired) electrons. The van der Waals surface area contributed by atoms with Gasteiger partial charge in [0, 0.05) is 57.1 Å². The second-order valence-electron chi connectivity index (χ2n) is 12.9. The molecule has 2 aromatic heterocycles. The third-order valence-electron chi connectivity index (χ3n) is 10.0. The van der Waals surface area contributed by atoms with Gasteiger partial charge in [-0.3, -0.25) is 0 Å². The van der Waals surface area contributed by atoms with Crippen LogP contribution >= 0.6 is 22.7 Å². The summed E-state index contributed by atoms with van der Waals surface area (Å²) in [4.78, 5) is 2.52. The van der Waals surface area contributed by atoms with E-state index in [2.05, 4.69) is 158 Å². The van der Waals surface area contributed by atoms with E-state index in [1.807, 2.05) is 22.7 Å². The van der Waals surface area contributed by atoms with Crippen molar-refractivity contribution in [1.29, 1.82) is 0 Å². The Bertz CT molecular complexity index is 2690. The molecule has 0 unspecified atom stereocenters. The summed E-state index contributed by atoms with van der Waals surface area (Å²) in [5, 5.41) is 7.85. The van der Waals surface area contributed by atoms with E-state index in [-0.39, 0.29) is 5.41 Å². The normalized spacial score (nSPS) is 13.6. The second-order valence-corrected chi connectivity index (χ2v) is 15.1. The average molecular weight is 624 g/mol. The van der Waals surface area contributed by atoms with E-state index >= 15 is 0 Å². The molecule has 1 nitrogen and oxygen atoms in total. The number of hydrogen-bond donors (Lipinski definition) is 0. The molecule has 218 valence electrons. The van der Waals surface area contributed by atoms with Gasteiger partial charge in [0.15, 0.2) is 0 Å². The Hall–Kier alpha value is -4.96. The van der Waals surface area contributed by atoms with Crippen LogP contribution in [0.3, 0.4) is 0 Å². The molecule has 9 aromatic rings. The van der Waals surface area contributed by atoms with Crippen molar-refractivity contribution in [2.24, 2.45) is 0 Å². The van der Waals surface area contributed by atoms with Crippen LogP contribution in [-0.4, -0.2) is 0 Å². The zero-order chi connectivity index (χ0) is 30.6. The van der Waals surface area contributed by atoms with Gasteiger partial charge in [-0.05, 0) is 75.5 Å². The van der Waals surface area contributed by atoms with Crippen LogP contribution in [0.25, 0.3) is 62.2 Å². The van der Waals surface area contributed by atoms with Crippen molar-refractivity contribution in [2.75, 3.05) is 4.90 Å². The number of nitrogens with zero attached hydrogens (tertiary/aromatic N) is 1. The Balaban J connectivity index is 1.30. The minimum absolute atomic E-state index is 0.0865. The predicted octanol–water partition coefficient (Wildman–Crippen LogP) is 13.4. The molecule has 0 atom stereocenters. The zero-order valence-corrected chi connectivity index (χ0v) is 27.2. The Kier molecular flexibility index (Phi) is 5.44. The number of thiophene rings is 2. The fourth-order valence-electron chi connectivity index (χ4n) is 7.83. The lowest BCUT2D eigenvalue weighted by atomic mass is 9.82. The third kappa shape index (κ3) is 3.61. The SMILES string of the molecule is CC1(C)c2ccccc2-c2ccc(N(c3ccc4c(c3)sc3ccccc34)c3cc4ccccc4c4sc5ccccc5c34)cc21. The summed E-state index contributed by atoms with van der Waals surface area (Å²) in [5.74, 6) is 0. The monoisotopic (exact) mass is 623 g/mol. The van der Waals surface area contributed by atoms with Crippen molar-refractivity contribution in [3.05, 3.63) is 151 Å². The highest BCUT2D eigenvalue weighted by Crippen LogP contribution is 2.53. The molecule has 10 rings (SSSR count). The van der Waals surface area contributed by atoms with E-state index in [0.717, 1.165) is 0 Å². The standard InChI is InChI=1S/C43H29NS2/c1-43(2)35-16-8-5-13-30(35)31-21-19-27(24-36(31)43)44(28-20-22-33-32-14-6-9-17-38(32)45-40(33)25-28)37-23-26-11-3-4-12-29(26)42-41(37)34-15-7-10-18-39(34)46-42/h3-25H,1-2H3. The van der Waals surface area contributed by atoms with Gasteiger partial charge in [0.25, 0.3) is 0 Å². The molecule has 0 amide bonds. The first-order valence-electron chi connectivity index (χ1n) is 15.9. The van der Waals surface area contributed by atoms with Crippen LogP contribution in [-0.2, 0) is 5.41 Å². The van der Waals surface area contributed by atoms with Gasteiger partial charge in [-0.15, -0.1) is 22.7 Å².